The number of ether oxygens (including phenoxy) is 1. The molecule has 1 saturated heterocycles. The van der Waals surface area contributed by atoms with E-state index >= 15 is 0 Å². The zero-order valence-electron chi connectivity index (χ0n) is 11.5. The smallest absolute Gasteiger partial charge is 0.309 e. The van der Waals surface area contributed by atoms with Gasteiger partial charge >= 0.3 is 5.97 Å². The van der Waals surface area contributed by atoms with Crippen LogP contribution in [0.1, 0.15) is 18.5 Å². The van der Waals surface area contributed by atoms with E-state index in [0.29, 0.717) is 19.4 Å². The van der Waals surface area contributed by atoms with Crippen LogP contribution in [0, 0.1) is 17.2 Å². The molecule has 2 rings (SSSR count). The zero-order chi connectivity index (χ0) is 15.5. The van der Waals surface area contributed by atoms with Crippen molar-refractivity contribution in [1.82, 2.24) is 9.29 Å². The third-order valence-corrected chi connectivity index (χ3v) is 5.31. The Labute approximate surface area is 123 Å². The minimum atomic E-state index is -3.84. The van der Waals surface area contributed by atoms with Crippen LogP contribution in [0.5, 0.6) is 0 Å². The fourth-order valence-electron chi connectivity index (χ4n) is 2.34. The number of nitrogens with zero attached hydrogens (tertiary/aromatic N) is 3. The van der Waals surface area contributed by atoms with Crippen LogP contribution in [-0.4, -0.2) is 43.9 Å². The Kier molecular flexibility index (Phi) is 4.55. The monoisotopic (exact) mass is 309 g/mol. The van der Waals surface area contributed by atoms with Crippen molar-refractivity contribution in [3.8, 4) is 6.07 Å². The molecule has 0 radical (unpaired) electrons. The standard InChI is InChI=1S/C13H15N3O4S/c1-20-13(17)10-4-3-7-16(9-10)21(18,19)12-5-2-6-15-11(12)8-14/h2,5-6,10H,3-4,7,9H2,1H3. The maximum atomic E-state index is 12.6. The van der Waals surface area contributed by atoms with Crippen molar-refractivity contribution in [1.29, 1.82) is 5.26 Å². The molecule has 0 aromatic carbocycles. The third kappa shape index (κ3) is 3.04. The molecule has 1 fully saturated rings. The maximum absolute atomic E-state index is 12.6. The second kappa shape index (κ2) is 6.20. The van der Waals surface area contributed by atoms with E-state index in [9.17, 15) is 13.2 Å². The number of nitriles is 1. The summed E-state index contributed by atoms with van der Waals surface area (Å²) in [5.74, 6) is -0.887. The molecule has 1 aromatic heterocycles. The molecule has 1 aliphatic heterocycles. The van der Waals surface area contributed by atoms with Gasteiger partial charge in [-0.2, -0.15) is 9.57 Å². The normalized spacial score (nSPS) is 19.7. The predicted octanol–water partition coefficient (Wildman–Crippen LogP) is 0.527. The molecule has 0 N–H and O–H groups in total. The summed E-state index contributed by atoms with van der Waals surface area (Å²) in [6.45, 7) is 0.379. The first kappa shape index (κ1) is 15.4. The summed E-state index contributed by atoms with van der Waals surface area (Å²) in [6.07, 6.45) is 2.53. The van der Waals surface area contributed by atoms with Crippen LogP contribution in [0.15, 0.2) is 23.2 Å². The van der Waals surface area contributed by atoms with Gasteiger partial charge in [-0.25, -0.2) is 13.4 Å². The van der Waals surface area contributed by atoms with E-state index in [1.165, 1.54) is 29.7 Å². The van der Waals surface area contributed by atoms with E-state index in [2.05, 4.69) is 9.72 Å². The van der Waals surface area contributed by atoms with E-state index < -0.39 is 21.9 Å². The summed E-state index contributed by atoms with van der Waals surface area (Å²) in [5.41, 5.74) is -0.141. The van der Waals surface area contributed by atoms with Crippen molar-refractivity contribution in [3.05, 3.63) is 24.0 Å². The molecule has 8 heteroatoms. The van der Waals surface area contributed by atoms with Gasteiger partial charge in [-0.05, 0) is 25.0 Å². The van der Waals surface area contributed by atoms with Crippen molar-refractivity contribution in [3.63, 3.8) is 0 Å². The van der Waals surface area contributed by atoms with Crippen LogP contribution in [-0.2, 0) is 19.6 Å². The topological polar surface area (TPSA) is 100 Å². The highest BCUT2D eigenvalue weighted by Gasteiger charge is 2.35. The van der Waals surface area contributed by atoms with Crippen LogP contribution >= 0.6 is 0 Å². The lowest BCUT2D eigenvalue weighted by Gasteiger charge is -2.30. The highest BCUT2D eigenvalue weighted by atomic mass is 32.2. The lowest BCUT2D eigenvalue weighted by atomic mass is 10.0. The Bertz CT molecular complexity index is 681. The molecule has 112 valence electrons. The van der Waals surface area contributed by atoms with Crippen molar-refractivity contribution in [2.75, 3.05) is 20.2 Å². The van der Waals surface area contributed by atoms with Gasteiger partial charge in [0.15, 0.2) is 5.69 Å². The summed E-state index contributed by atoms with van der Waals surface area (Å²) in [7, 11) is -2.56. The largest absolute Gasteiger partial charge is 0.469 e. The van der Waals surface area contributed by atoms with Crippen molar-refractivity contribution >= 4 is 16.0 Å². The SMILES string of the molecule is COC(=O)C1CCCN(S(=O)(=O)c2cccnc2C#N)C1. The van der Waals surface area contributed by atoms with Crippen molar-refractivity contribution in [2.45, 2.75) is 17.7 Å². The summed E-state index contributed by atoms with van der Waals surface area (Å²) < 4.78 is 31.1. The van der Waals surface area contributed by atoms with Gasteiger partial charge in [0.1, 0.15) is 11.0 Å². The molecule has 2 heterocycles. The van der Waals surface area contributed by atoms with Gasteiger partial charge < -0.3 is 4.74 Å². The number of aromatic nitrogens is 1. The molecule has 1 atom stereocenters. The Morgan fingerprint density at radius 1 is 1.57 bits per heavy atom. The van der Waals surface area contributed by atoms with Gasteiger partial charge in [0.25, 0.3) is 0 Å². The van der Waals surface area contributed by atoms with Gasteiger partial charge in [0.2, 0.25) is 10.0 Å². The van der Waals surface area contributed by atoms with Crippen LogP contribution < -0.4 is 0 Å². The van der Waals surface area contributed by atoms with Crippen LogP contribution in [0.4, 0.5) is 0 Å². The Morgan fingerprint density at radius 3 is 3.00 bits per heavy atom. The number of piperidine rings is 1. The van der Waals surface area contributed by atoms with Gasteiger partial charge in [-0.1, -0.05) is 0 Å². The minimum absolute atomic E-state index is 0.0643. The van der Waals surface area contributed by atoms with Crippen LogP contribution in [0.3, 0.4) is 0 Å². The highest BCUT2D eigenvalue weighted by Crippen LogP contribution is 2.25. The first-order valence-corrected chi connectivity index (χ1v) is 7.87. The zero-order valence-corrected chi connectivity index (χ0v) is 12.3. The maximum Gasteiger partial charge on any atom is 0.309 e. The second-order valence-corrected chi connectivity index (χ2v) is 6.59. The predicted molar refractivity (Wildman–Crippen MR) is 72.5 cm³/mol. The number of hydrogen-bond acceptors (Lipinski definition) is 6. The quantitative estimate of drug-likeness (QED) is 0.755. The van der Waals surface area contributed by atoms with E-state index in [4.69, 9.17) is 5.26 Å². The fraction of sp³-hybridized carbons (Fsp3) is 0.462. The molecule has 21 heavy (non-hydrogen) atoms. The number of carbonyl (C=O) groups excluding carboxylic acids is 1. The summed E-state index contributed by atoms with van der Waals surface area (Å²) >= 11 is 0. The average Bonchev–Trinajstić information content (AvgIpc) is 2.54. The summed E-state index contributed by atoms with van der Waals surface area (Å²) in [4.78, 5) is 15.2. The fourth-order valence-corrected chi connectivity index (χ4v) is 3.96. The molecule has 0 saturated carbocycles. The molecule has 0 amide bonds. The van der Waals surface area contributed by atoms with Crippen LogP contribution in [0.2, 0.25) is 0 Å². The molecule has 7 nitrogen and oxygen atoms in total. The van der Waals surface area contributed by atoms with Gasteiger partial charge in [0.05, 0.1) is 13.0 Å². The number of methoxy groups -OCH3 is 1. The van der Waals surface area contributed by atoms with Crippen LogP contribution in [0.25, 0.3) is 0 Å². The van der Waals surface area contributed by atoms with Crippen molar-refractivity contribution < 1.29 is 17.9 Å². The van der Waals surface area contributed by atoms with Gasteiger partial charge in [0, 0.05) is 19.3 Å². The lowest BCUT2D eigenvalue weighted by Crippen LogP contribution is -2.42. The second-order valence-electron chi connectivity index (χ2n) is 4.69. The molecule has 0 aliphatic carbocycles. The number of sulfonamides is 1. The molecule has 1 aromatic rings. The van der Waals surface area contributed by atoms with E-state index in [-0.39, 0.29) is 17.1 Å². The van der Waals surface area contributed by atoms with E-state index in [0.717, 1.165) is 0 Å². The first-order valence-electron chi connectivity index (χ1n) is 6.43. The first-order chi connectivity index (χ1) is 10.0. The van der Waals surface area contributed by atoms with Crippen molar-refractivity contribution in [2.24, 2.45) is 5.92 Å². The Hall–Kier alpha value is -1.98. The number of carbonyl (C=O) groups is 1. The molecule has 0 spiro atoms. The summed E-state index contributed by atoms with van der Waals surface area (Å²) in [6, 6.07) is 4.59. The number of esters is 1. The molecular weight excluding hydrogens is 294 g/mol. The third-order valence-electron chi connectivity index (χ3n) is 3.41. The molecule has 1 aliphatic rings. The molecular formula is C13H15N3O4S. The number of pyridine rings is 1. The summed E-state index contributed by atoms with van der Waals surface area (Å²) in [5, 5.41) is 8.99. The van der Waals surface area contributed by atoms with E-state index in [1.807, 2.05) is 0 Å². The number of hydrogen-bond donors (Lipinski definition) is 0. The molecule has 1 unspecified atom stereocenters. The van der Waals surface area contributed by atoms with E-state index in [1.54, 1.807) is 6.07 Å². The average molecular weight is 309 g/mol. The highest BCUT2D eigenvalue weighted by molar-refractivity contribution is 7.89. The lowest BCUT2D eigenvalue weighted by molar-refractivity contribution is -0.146. The number of rotatable bonds is 3. The Balaban J connectivity index is 2.31. The van der Waals surface area contributed by atoms with Gasteiger partial charge in [-0.15, -0.1) is 0 Å². The minimum Gasteiger partial charge on any atom is -0.469 e. The molecule has 0 bridgehead atoms. The Morgan fingerprint density at radius 2 is 2.33 bits per heavy atom. The van der Waals surface area contributed by atoms with Gasteiger partial charge in [-0.3, -0.25) is 4.79 Å².